The number of carboxylic acids is 1. The van der Waals surface area contributed by atoms with Crippen LogP contribution in [0.1, 0.15) is 25.9 Å². The fourth-order valence-electron chi connectivity index (χ4n) is 1.44. The Kier molecular flexibility index (Phi) is 4.04. The van der Waals surface area contributed by atoms with E-state index in [1.807, 2.05) is 19.1 Å². The predicted molar refractivity (Wildman–Crippen MR) is 74.6 cm³/mol. The van der Waals surface area contributed by atoms with Crippen LogP contribution in [0, 0.1) is 13.8 Å². The van der Waals surface area contributed by atoms with E-state index < -0.39 is 5.97 Å². The lowest BCUT2D eigenvalue weighted by atomic mass is 10.2. The van der Waals surface area contributed by atoms with Crippen LogP contribution in [0.3, 0.4) is 0 Å². The summed E-state index contributed by atoms with van der Waals surface area (Å²) < 4.78 is 0. The normalized spacial score (nSPS) is 10.6. The van der Waals surface area contributed by atoms with Crippen LogP contribution in [-0.2, 0) is 5.75 Å². The quantitative estimate of drug-likeness (QED) is 0.866. The van der Waals surface area contributed by atoms with Gasteiger partial charge in [-0.1, -0.05) is 0 Å². The van der Waals surface area contributed by atoms with Gasteiger partial charge in [-0.25, -0.2) is 9.78 Å². The van der Waals surface area contributed by atoms with Crippen LogP contribution in [-0.4, -0.2) is 16.1 Å². The van der Waals surface area contributed by atoms with Gasteiger partial charge in [0, 0.05) is 9.77 Å². The molecule has 0 aliphatic rings. The second-order valence-corrected chi connectivity index (χ2v) is 6.20. The SMILES string of the molecule is Cc1nc(CSc2ccc(C(=O)O)cc2)sc1C. The Morgan fingerprint density at radius 1 is 1.33 bits per heavy atom. The Morgan fingerprint density at radius 3 is 2.50 bits per heavy atom. The highest BCUT2D eigenvalue weighted by Gasteiger charge is 2.05. The van der Waals surface area contributed by atoms with Crippen molar-refractivity contribution in [2.24, 2.45) is 0 Å². The summed E-state index contributed by atoms with van der Waals surface area (Å²) in [6.07, 6.45) is 0. The zero-order chi connectivity index (χ0) is 13.1. The maximum Gasteiger partial charge on any atom is 0.335 e. The molecule has 0 aliphatic carbocycles. The second-order valence-electron chi connectivity index (χ2n) is 3.87. The first-order valence-electron chi connectivity index (χ1n) is 5.45. The van der Waals surface area contributed by atoms with Crippen molar-refractivity contribution in [1.29, 1.82) is 0 Å². The number of thioether (sulfide) groups is 1. The first kappa shape index (κ1) is 13.1. The number of benzene rings is 1. The molecule has 1 aromatic heterocycles. The summed E-state index contributed by atoms with van der Waals surface area (Å²) in [5.41, 5.74) is 1.41. The number of aromatic nitrogens is 1. The minimum Gasteiger partial charge on any atom is -0.478 e. The zero-order valence-corrected chi connectivity index (χ0v) is 11.8. The smallest absolute Gasteiger partial charge is 0.335 e. The molecular formula is C13H13NO2S2. The van der Waals surface area contributed by atoms with Crippen LogP contribution in [0.15, 0.2) is 29.2 Å². The van der Waals surface area contributed by atoms with Gasteiger partial charge < -0.3 is 5.11 Å². The zero-order valence-electron chi connectivity index (χ0n) is 10.1. The lowest BCUT2D eigenvalue weighted by molar-refractivity contribution is 0.0697. The Balaban J connectivity index is 2.00. The van der Waals surface area contributed by atoms with Gasteiger partial charge in [0.25, 0.3) is 0 Å². The number of hydrogen-bond acceptors (Lipinski definition) is 4. The first-order valence-corrected chi connectivity index (χ1v) is 7.25. The maximum atomic E-state index is 10.7. The third-order valence-electron chi connectivity index (χ3n) is 2.54. The minimum absolute atomic E-state index is 0.320. The summed E-state index contributed by atoms with van der Waals surface area (Å²) in [7, 11) is 0. The van der Waals surface area contributed by atoms with E-state index in [1.54, 1.807) is 35.2 Å². The van der Waals surface area contributed by atoms with Crippen molar-refractivity contribution < 1.29 is 9.90 Å². The summed E-state index contributed by atoms with van der Waals surface area (Å²) in [4.78, 5) is 17.5. The molecule has 0 radical (unpaired) electrons. The van der Waals surface area contributed by atoms with E-state index in [1.165, 1.54) is 4.88 Å². The Bertz CT molecular complexity index is 541. The van der Waals surface area contributed by atoms with Crippen LogP contribution in [0.25, 0.3) is 0 Å². The number of hydrogen-bond donors (Lipinski definition) is 1. The Labute approximate surface area is 114 Å². The van der Waals surface area contributed by atoms with E-state index in [9.17, 15) is 4.79 Å². The molecule has 0 spiro atoms. The molecule has 1 aromatic carbocycles. The third kappa shape index (κ3) is 3.11. The highest BCUT2D eigenvalue weighted by Crippen LogP contribution is 2.26. The van der Waals surface area contributed by atoms with Crippen LogP contribution in [0.5, 0.6) is 0 Å². The number of aromatic carboxylic acids is 1. The molecule has 1 N–H and O–H groups in total. The van der Waals surface area contributed by atoms with Gasteiger partial charge in [-0.15, -0.1) is 23.1 Å². The lowest BCUT2D eigenvalue weighted by Crippen LogP contribution is -1.94. The Hall–Kier alpha value is -1.33. The molecule has 2 rings (SSSR count). The van der Waals surface area contributed by atoms with Crippen molar-refractivity contribution in [2.45, 2.75) is 24.5 Å². The second kappa shape index (κ2) is 5.54. The average Bonchev–Trinajstić information content (AvgIpc) is 2.67. The van der Waals surface area contributed by atoms with Gasteiger partial charge in [0.15, 0.2) is 0 Å². The monoisotopic (exact) mass is 279 g/mol. The molecule has 0 fully saturated rings. The molecule has 18 heavy (non-hydrogen) atoms. The van der Waals surface area contributed by atoms with Crippen molar-refractivity contribution in [3.8, 4) is 0 Å². The molecular weight excluding hydrogens is 266 g/mol. The molecule has 0 aliphatic heterocycles. The van der Waals surface area contributed by atoms with Gasteiger partial charge in [0.2, 0.25) is 0 Å². The molecule has 0 unspecified atom stereocenters. The number of carbonyl (C=O) groups is 1. The Morgan fingerprint density at radius 2 is 2.00 bits per heavy atom. The number of aryl methyl sites for hydroxylation is 2. The minimum atomic E-state index is -0.891. The summed E-state index contributed by atoms with van der Waals surface area (Å²) in [5.74, 6) is -0.0658. The number of nitrogens with zero attached hydrogens (tertiary/aromatic N) is 1. The molecule has 0 amide bonds. The van der Waals surface area contributed by atoms with E-state index in [-0.39, 0.29) is 0 Å². The van der Waals surface area contributed by atoms with Gasteiger partial charge in [0.05, 0.1) is 17.0 Å². The molecule has 1 heterocycles. The van der Waals surface area contributed by atoms with Crippen molar-refractivity contribution in [3.63, 3.8) is 0 Å². The standard InChI is InChI=1S/C13H13NO2S2/c1-8-9(2)18-12(14-8)7-17-11-5-3-10(4-6-11)13(15)16/h3-6H,7H2,1-2H3,(H,15,16). The number of rotatable bonds is 4. The van der Waals surface area contributed by atoms with E-state index in [0.717, 1.165) is 21.3 Å². The molecule has 0 atom stereocenters. The summed E-state index contributed by atoms with van der Waals surface area (Å²) in [6.45, 7) is 4.09. The van der Waals surface area contributed by atoms with Gasteiger partial charge >= 0.3 is 5.97 Å². The summed E-state index contributed by atoms with van der Waals surface area (Å²) in [5, 5.41) is 9.91. The predicted octanol–water partition coefficient (Wildman–Crippen LogP) is 3.75. The van der Waals surface area contributed by atoms with E-state index in [4.69, 9.17) is 5.11 Å². The molecule has 3 nitrogen and oxygen atoms in total. The fourth-order valence-corrected chi connectivity index (χ4v) is 3.26. The highest BCUT2D eigenvalue weighted by molar-refractivity contribution is 7.98. The highest BCUT2D eigenvalue weighted by atomic mass is 32.2. The molecule has 0 saturated heterocycles. The van der Waals surface area contributed by atoms with Crippen LogP contribution < -0.4 is 0 Å². The third-order valence-corrected chi connectivity index (χ3v) is 4.82. The molecule has 0 bridgehead atoms. The largest absolute Gasteiger partial charge is 0.478 e. The maximum absolute atomic E-state index is 10.7. The molecule has 5 heteroatoms. The van der Waals surface area contributed by atoms with E-state index in [2.05, 4.69) is 11.9 Å². The first-order chi connectivity index (χ1) is 8.56. The van der Waals surface area contributed by atoms with Gasteiger partial charge in [-0.05, 0) is 38.1 Å². The van der Waals surface area contributed by atoms with Crippen LogP contribution in [0.2, 0.25) is 0 Å². The molecule has 94 valence electrons. The van der Waals surface area contributed by atoms with Crippen molar-refractivity contribution >= 4 is 29.1 Å². The average molecular weight is 279 g/mol. The van der Waals surface area contributed by atoms with Gasteiger partial charge in [-0.2, -0.15) is 0 Å². The van der Waals surface area contributed by atoms with Crippen molar-refractivity contribution in [2.75, 3.05) is 0 Å². The van der Waals surface area contributed by atoms with Crippen molar-refractivity contribution in [1.82, 2.24) is 4.98 Å². The van der Waals surface area contributed by atoms with E-state index in [0.29, 0.717) is 5.56 Å². The van der Waals surface area contributed by atoms with E-state index >= 15 is 0 Å². The lowest BCUT2D eigenvalue weighted by Gasteiger charge is -2.00. The van der Waals surface area contributed by atoms with Crippen molar-refractivity contribution in [3.05, 3.63) is 45.4 Å². The summed E-state index contributed by atoms with van der Waals surface area (Å²) >= 11 is 3.39. The fraction of sp³-hybridized carbons (Fsp3) is 0.231. The molecule has 0 saturated carbocycles. The molecule has 2 aromatic rings. The summed E-state index contributed by atoms with van der Waals surface area (Å²) in [6, 6.07) is 6.93. The van der Waals surface area contributed by atoms with Crippen LogP contribution in [0.4, 0.5) is 0 Å². The van der Waals surface area contributed by atoms with Gasteiger partial charge in [-0.3, -0.25) is 0 Å². The number of thiazole rings is 1. The number of carboxylic acid groups (broad SMARTS) is 1. The van der Waals surface area contributed by atoms with Crippen LogP contribution >= 0.6 is 23.1 Å². The van der Waals surface area contributed by atoms with Gasteiger partial charge in [0.1, 0.15) is 5.01 Å². The topological polar surface area (TPSA) is 50.2 Å².